The second-order valence-corrected chi connectivity index (χ2v) is 15.3. The monoisotopic (exact) mass is 960 g/mol. The molecule has 3 aliphatic heterocycles. The fraction of sp³-hybridized carbons (Fsp3) is 0.333. The molecule has 2 fully saturated rings. The molecule has 364 valence electrons. The molecule has 0 radical (unpaired) electrons. The number of methoxy groups -OCH3 is 2. The summed E-state index contributed by atoms with van der Waals surface area (Å²) in [5.74, 6) is -16.2. The Labute approximate surface area is 379 Å². The molecule has 4 aromatic rings. The number of carbonyl (C=O) groups excluding carboxylic acids is 4. The highest BCUT2D eigenvalue weighted by Crippen LogP contribution is 2.52. The number of phenolic OH excluding ortho intramolecular Hbond substituents is 8. The first-order valence-corrected chi connectivity index (χ1v) is 19.6. The van der Waals surface area contributed by atoms with Gasteiger partial charge in [-0.1, -0.05) is 0 Å². The van der Waals surface area contributed by atoms with Crippen LogP contribution in [0.1, 0.15) is 64.8 Å². The second-order valence-electron chi connectivity index (χ2n) is 15.3. The summed E-state index contributed by atoms with van der Waals surface area (Å²) >= 11 is 0. The normalized spacial score (nSPS) is 25.6. The molecule has 0 amide bonds. The highest BCUT2D eigenvalue weighted by Gasteiger charge is 2.49. The Bertz CT molecular complexity index is 2450. The molecule has 0 aromatic heterocycles. The molecule has 14 N–H and O–H groups in total. The van der Waals surface area contributed by atoms with Crippen LogP contribution >= 0.6 is 0 Å². The van der Waals surface area contributed by atoms with Crippen LogP contribution in [0.5, 0.6) is 69.0 Å². The van der Waals surface area contributed by atoms with Gasteiger partial charge < -0.3 is 109 Å². The Hall–Kier alpha value is -7.56. The number of hydrogen-bond acceptors (Lipinski definition) is 26. The van der Waals surface area contributed by atoms with E-state index in [1.54, 1.807) is 0 Å². The average molecular weight is 961 g/mol. The van der Waals surface area contributed by atoms with Crippen molar-refractivity contribution in [3.05, 3.63) is 69.8 Å². The first kappa shape index (κ1) is 48.4. The largest absolute Gasteiger partial charge is 0.504 e. The van der Waals surface area contributed by atoms with E-state index in [2.05, 4.69) is 0 Å². The van der Waals surface area contributed by atoms with Crippen LogP contribution in [0.15, 0.2) is 36.4 Å². The van der Waals surface area contributed by atoms with E-state index in [-0.39, 0.29) is 0 Å². The lowest BCUT2D eigenvalue weighted by molar-refractivity contribution is -0.232. The van der Waals surface area contributed by atoms with Crippen LogP contribution in [-0.4, -0.2) is 172 Å². The highest BCUT2D eigenvalue weighted by atomic mass is 16.6. The van der Waals surface area contributed by atoms with Crippen molar-refractivity contribution in [3.8, 4) is 69.0 Å². The molecule has 68 heavy (non-hydrogen) atoms. The van der Waals surface area contributed by atoms with Crippen LogP contribution in [-0.2, 0) is 18.9 Å². The number of carbonyl (C=O) groups is 4. The van der Waals surface area contributed by atoms with Crippen LogP contribution < -0.4 is 18.9 Å². The van der Waals surface area contributed by atoms with E-state index in [4.69, 9.17) is 37.9 Å². The summed E-state index contributed by atoms with van der Waals surface area (Å²) in [6, 6.07) is 4.66. The van der Waals surface area contributed by atoms with E-state index < -0.39 is 201 Å². The van der Waals surface area contributed by atoms with Gasteiger partial charge in [-0.25, -0.2) is 19.2 Å². The predicted octanol–water partition coefficient (Wildman–Crippen LogP) is -1.14. The van der Waals surface area contributed by atoms with Crippen molar-refractivity contribution in [1.82, 2.24) is 0 Å². The Kier molecular flexibility index (Phi) is 13.2. The van der Waals surface area contributed by atoms with Crippen LogP contribution in [0.3, 0.4) is 0 Å². The molecule has 0 spiro atoms. The van der Waals surface area contributed by atoms with Crippen molar-refractivity contribution in [3.63, 3.8) is 0 Å². The number of aliphatic hydroxyl groups excluding tert-OH is 6. The van der Waals surface area contributed by atoms with Crippen molar-refractivity contribution in [1.29, 1.82) is 0 Å². The third kappa shape index (κ3) is 8.52. The molecule has 0 bridgehead atoms. The molecule has 3 aliphatic rings. The lowest BCUT2D eigenvalue weighted by Crippen LogP contribution is -2.55. The van der Waals surface area contributed by atoms with Crippen LogP contribution in [0.25, 0.3) is 0 Å². The number of esters is 4. The SMILES string of the molecule is COc1c([C@@H]2O[C@H](COC(=O)c3cc(O)c(O)c(O)c3)[C@@H](O)[C@H](O)[C@H]2O)cc2c(c1O)OC(=O)c1cc([C@@H]3O[C@H](COC(=O)c4cc(O)c(O)c(O)c4)[C@@H](O)[C@H](O)[C@H]3O)c(OC)c(O)c1OC2=O. The quantitative estimate of drug-likeness (QED) is 0.0507. The van der Waals surface area contributed by atoms with E-state index in [0.717, 1.165) is 50.6 Å². The van der Waals surface area contributed by atoms with Crippen molar-refractivity contribution in [2.75, 3.05) is 27.4 Å². The minimum atomic E-state index is -2.08. The fourth-order valence-corrected chi connectivity index (χ4v) is 7.58. The van der Waals surface area contributed by atoms with Gasteiger partial charge in [-0.3, -0.25) is 0 Å². The summed E-state index contributed by atoms with van der Waals surface area (Å²) in [5.41, 5.74) is -3.45. The van der Waals surface area contributed by atoms with E-state index in [1.165, 1.54) is 0 Å². The number of fused-ring (bicyclic) bond motifs is 2. The van der Waals surface area contributed by atoms with E-state index >= 15 is 0 Å². The maximum Gasteiger partial charge on any atom is 0.347 e. The van der Waals surface area contributed by atoms with Gasteiger partial charge in [0.1, 0.15) is 85.4 Å². The number of hydrogen-bond donors (Lipinski definition) is 14. The number of rotatable bonds is 10. The van der Waals surface area contributed by atoms with Gasteiger partial charge in [0.25, 0.3) is 0 Å². The summed E-state index contributed by atoms with van der Waals surface area (Å²) in [6.45, 7) is -1.76. The maximum atomic E-state index is 13.9. The molecule has 7 rings (SSSR count). The fourth-order valence-electron chi connectivity index (χ4n) is 7.58. The van der Waals surface area contributed by atoms with Crippen molar-refractivity contribution < 1.29 is 129 Å². The smallest absolute Gasteiger partial charge is 0.347 e. The van der Waals surface area contributed by atoms with Crippen molar-refractivity contribution in [2.24, 2.45) is 0 Å². The molecular formula is C42H40O26. The van der Waals surface area contributed by atoms with Gasteiger partial charge in [-0.15, -0.1) is 0 Å². The van der Waals surface area contributed by atoms with Gasteiger partial charge in [0, 0.05) is 11.1 Å². The van der Waals surface area contributed by atoms with E-state index in [9.17, 15) is 90.7 Å². The van der Waals surface area contributed by atoms with Crippen LogP contribution in [0.2, 0.25) is 0 Å². The molecule has 0 unspecified atom stereocenters. The molecule has 26 heteroatoms. The van der Waals surface area contributed by atoms with Crippen LogP contribution in [0.4, 0.5) is 0 Å². The van der Waals surface area contributed by atoms with Crippen LogP contribution in [0, 0.1) is 0 Å². The molecular weight excluding hydrogens is 920 g/mol. The highest BCUT2D eigenvalue weighted by molar-refractivity contribution is 6.04. The van der Waals surface area contributed by atoms with Gasteiger partial charge in [-0.2, -0.15) is 0 Å². The van der Waals surface area contributed by atoms with E-state index in [1.807, 2.05) is 0 Å². The topological polar surface area (TPSA) is 425 Å². The number of aromatic hydroxyl groups is 8. The van der Waals surface area contributed by atoms with Gasteiger partial charge in [0.2, 0.25) is 11.5 Å². The molecule has 2 saturated heterocycles. The number of ether oxygens (including phenoxy) is 8. The van der Waals surface area contributed by atoms with Gasteiger partial charge >= 0.3 is 23.9 Å². The van der Waals surface area contributed by atoms with Crippen molar-refractivity contribution in [2.45, 2.75) is 61.0 Å². The summed E-state index contributed by atoms with van der Waals surface area (Å²) in [4.78, 5) is 53.3. The Balaban J connectivity index is 1.17. The molecule has 3 heterocycles. The van der Waals surface area contributed by atoms with E-state index in [0.29, 0.717) is 0 Å². The molecule has 10 atom stereocenters. The molecule has 4 aromatic carbocycles. The van der Waals surface area contributed by atoms with Gasteiger partial charge in [0.15, 0.2) is 57.5 Å². The number of phenols is 8. The first-order valence-electron chi connectivity index (χ1n) is 19.6. The predicted molar refractivity (Wildman–Crippen MR) is 214 cm³/mol. The van der Waals surface area contributed by atoms with Gasteiger partial charge in [0.05, 0.1) is 25.3 Å². The zero-order chi connectivity index (χ0) is 49.8. The third-order valence-electron chi connectivity index (χ3n) is 11.1. The summed E-state index contributed by atoms with van der Waals surface area (Å²) in [5, 5.41) is 147. The summed E-state index contributed by atoms with van der Waals surface area (Å²) in [6.07, 6.45) is -19.4. The maximum absolute atomic E-state index is 13.9. The van der Waals surface area contributed by atoms with Gasteiger partial charge in [-0.05, 0) is 36.4 Å². The lowest BCUT2D eigenvalue weighted by Gasteiger charge is -2.41. The molecule has 0 aliphatic carbocycles. The molecule has 0 saturated carbocycles. The first-order chi connectivity index (χ1) is 32.1. The lowest BCUT2D eigenvalue weighted by atomic mass is 9.89. The zero-order valence-corrected chi connectivity index (χ0v) is 34.8. The summed E-state index contributed by atoms with van der Waals surface area (Å²) in [7, 11) is 1.97. The Morgan fingerprint density at radius 2 is 0.809 bits per heavy atom. The average Bonchev–Trinajstić information content (AvgIpc) is 3.30. The minimum Gasteiger partial charge on any atom is -0.504 e. The standard InChI is InChI=1S/C42H40O26/c1-61-33-13(35-29(53)27(51)25(49)21(65-35)9-63-39(57)11-3-17(43)23(47)18(44)4-11)7-15-37(31(33)55)67-42(60)16-8-14(34(62-2)32(56)38(16)68-41(15)59)36-30(54)28(52)26(50)22(66-36)10-64-40(58)12-5-19(45)24(48)20(46)6-12/h3-8,21-22,25-30,35-36,43-56H,9-10H2,1-2H3/t21-,22-,25-,26-,27+,28+,29-,30-,35+,36+/m1/s1. The third-order valence-corrected chi connectivity index (χ3v) is 11.1. The summed E-state index contributed by atoms with van der Waals surface area (Å²) < 4.78 is 43.3. The second kappa shape index (κ2) is 18.6. The Morgan fingerprint density at radius 1 is 0.485 bits per heavy atom. The Morgan fingerprint density at radius 3 is 1.12 bits per heavy atom. The minimum absolute atomic E-state index is 0.457. The number of aliphatic hydroxyl groups is 6. The molecule has 26 nitrogen and oxygen atoms in total. The van der Waals surface area contributed by atoms with Crippen molar-refractivity contribution >= 4 is 23.9 Å². The zero-order valence-electron chi connectivity index (χ0n) is 34.8. The number of benzene rings is 4.